The average molecular weight is 349 g/mol. The number of nitrogens with two attached hydrogens (primary N) is 1. The van der Waals surface area contributed by atoms with Crippen molar-refractivity contribution < 1.29 is 34.0 Å². The molecule has 0 aliphatic carbocycles. The highest BCUT2D eigenvalue weighted by Crippen LogP contribution is 2.53. The molecule has 0 saturated carbocycles. The van der Waals surface area contributed by atoms with Gasteiger partial charge in [0, 0.05) is 12.6 Å². The van der Waals surface area contributed by atoms with Crippen molar-refractivity contribution in [2.24, 2.45) is 0 Å². The van der Waals surface area contributed by atoms with E-state index in [0.717, 1.165) is 4.57 Å². The predicted molar refractivity (Wildman–Crippen MR) is 74.2 cm³/mol. The summed E-state index contributed by atoms with van der Waals surface area (Å²) in [5.41, 5.74) is 3.08. The molecule has 1 aromatic rings. The molecular weight excluding hydrogens is 333 g/mol. The quantitative estimate of drug-likeness (QED) is 0.366. The number of anilines is 1. The summed E-state index contributed by atoms with van der Waals surface area (Å²) in [6, 6.07) is 1.32. The number of ether oxygens (including phenoxy) is 2. The summed E-state index contributed by atoms with van der Waals surface area (Å²) >= 11 is 0. The van der Waals surface area contributed by atoms with E-state index in [2.05, 4.69) is 4.98 Å². The molecule has 23 heavy (non-hydrogen) atoms. The fraction of sp³-hybridized carbons (Fsp3) is 0.636. The van der Waals surface area contributed by atoms with Gasteiger partial charge in [-0.25, -0.2) is 4.79 Å². The van der Waals surface area contributed by atoms with Gasteiger partial charge in [-0.15, -0.1) is 0 Å². The van der Waals surface area contributed by atoms with Gasteiger partial charge in [0.1, 0.15) is 23.6 Å². The molecule has 2 aliphatic heterocycles. The summed E-state index contributed by atoms with van der Waals surface area (Å²) in [6.45, 7) is -0.325. The first-order chi connectivity index (χ1) is 10.6. The summed E-state index contributed by atoms with van der Waals surface area (Å²) in [6.07, 6.45) is -3.33. The van der Waals surface area contributed by atoms with Crippen LogP contribution in [-0.2, 0) is 14.0 Å². The molecule has 3 heterocycles. The summed E-state index contributed by atoms with van der Waals surface area (Å²) in [5, 5.41) is 20.4. The zero-order valence-corrected chi connectivity index (χ0v) is 12.6. The number of hydrogen-bond acceptors (Lipinski definition) is 8. The highest BCUT2D eigenvalue weighted by molar-refractivity contribution is 7.52. The molecule has 6 N–H and O–H groups in total. The molecule has 0 unspecified atom stereocenters. The van der Waals surface area contributed by atoms with Crippen molar-refractivity contribution >= 4 is 13.4 Å². The number of aliphatic hydroxyl groups excluding tert-OH is 2. The van der Waals surface area contributed by atoms with Crippen molar-refractivity contribution in [2.75, 3.05) is 12.3 Å². The summed E-state index contributed by atoms with van der Waals surface area (Å²) in [5.74, 6) is -1.45. The van der Waals surface area contributed by atoms with E-state index in [-0.39, 0.29) is 18.8 Å². The molecular formula is C11H16N3O8P. The molecule has 0 aromatic carbocycles. The molecule has 2 aliphatic rings. The topological polar surface area (TPSA) is 177 Å². The second-order valence-electron chi connectivity index (χ2n) is 5.61. The zero-order chi connectivity index (χ0) is 17.0. The molecule has 128 valence electrons. The lowest BCUT2D eigenvalue weighted by molar-refractivity contribution is -0.105. The third kappa shape index (κ3) is 2.70. The smallest absolute Gasteiger partial charge is 0.354 e. The summed E-state index contributed by atoms with van der Waals surface area (Å²) in [4.78, 5) is 33.7. The van der Waals surface area contributed by atoms with Crippen LogP contribution in [-0.4, -0.2) is 59.8 Å². The lowest BCUT2D eigenvalue weighted by Crippen LogP contribution is -2.43. The lowest BCUT2D eigenvalue weighted by Gasteiger charge is -2.25. The Kier molecular flexibility index (Phi) is 3.84. The second kappa shape index (κ2) is 5.35. The second-order valence-corrected chi connectivity index (χ2v) is 7.36. The minimum atomic E-state index is -4.54. The van der Waals surface area contributed by atoms with E-state index in [4.69, 9.17) is 15.2 Å². The molecule has 5 atom stereocenters. The van der Waals surface area contributed by atoms with Gasteiger partial charge < -0.3 is 35.2 Å². The lowest BCUT2D eigenvalue weighted by atomic mass is 9.94. The third-order valence-corrected chi connectivity index (χ3v) is 5.13. The fourth-order valence-corrected chi connectivity index (χ4v) is 3.66. The Bertz CT molecular complexity index is 719. The van der Waals surface area contributed by atoms with Crippen LogP contribution in [0.25, 0.3) is 0 Å². The normalized spacial score (nSPS) is 37.6. The average Bonchev–Trinajstić information content (AvgIpc) is 2.98. The Morgan fingerprint density at radius 1 is 1.43 bits per heavy atom. The number of nitrogens with zero attached hydrogens (tertiary/aromatic N) is 2. The maximum absolute atomic E-state index is 11.8. The Balaban J connectivity index is 1.90. The number of hydrogen-bond donors (Lipinski definition) is 5. The van der Waals surface area contributed by atoms with E-state index in [1.807, 2.05) is 0 Å². The number of aromatic nitrogens is 2. The van der Waals surface area contributed by atoms with Gasteiger partial charge in [-0.1, -0.05) is 0 Å². The molecule has 0 radical (unpaired) electrons. The SMILES string of the molecule is Nc1ccn([C@@H]2O[C@]3(CO[C@H](P(=O)(O)O)C3)[C@@H](O)[C@H]2O)c(=O)n1. The zero-order valence-electron chi connectivity index (χ0n) is 11.7. The molecule has 0 amide bonds. The van der Waals surface area contributed by atoms with Gasteiger partial charge in [-0.05, 0) is 6.07 Å². The standard InChI is InChI=1S/C11H16N3O8P/c12-5-1-2-14(10(17)13-5)9-7(15)8(16)11(22-9)3-6(21-4-11)23(18,19)20/h1-2,6-9,15-16H,3-4H2,(H2,12,13,17)(H2,18,19,20)/t6-,7-,8+,9-,11-/m1/s1. The molecule has 11 nitrogen and oxygen atoms in total. The van der Waals surface area contributed by atoms with Crippen LogP contribution in [0.3, 0.4) is 0 Å². The van der Waals surface area contributed by atoms with Crippen LogP contribution >= 0.6 is 7.60 Å². The largest absolute Gasteiger partial charge is 0.387 e. The Hall–Kier alpha value is -1.33. The first kappa shape index (κ1) is 16.5. The molecule has 3 rings (SSSR count). The van der Waals surface area contributed by atoms with Crippen LogP contribution in [0.2, 0.25) is 0 Å². The highest BCUT2D eigenvalue weighted by Gasteiger charge is 2.61. The van der Waals surface area contributed by atoms with Crippen molar-refractivity contribution in [3.63, 3.8) is 0 Å². The van der Waals surface area contributed by atoms with E-state index in [1.54, 1.807) is 0 Å². The Morgan fingerprint density at radius 2 is 2.13 bits per heavy atom. The fourth-order valence-electron chi connectivity index (χ4n) is 2.84. The van der Waals surface area contributed by atoms with E-state index >= 15 is 0 Å². The summed E-state index contributed by atoms with van der Waals surface area (Å²) in [7, 11) is -4.54. The Labute approximate surface area is 129 Å². The minimum Gasteiger partial charge on any atom is -0.387 e. The maximum Gasteiger partial charge on any atom is 0.354 e. The van der Waals surface area contributed by atoms with Crippen LogP contribution in [0, 0.1) is 0 Å². The highest BCUT2D eigenvalue weighted by atomic mass is 31.2. The predicted octanol–water partition coefficient (Wildman–Crippen LogP) is -2.26. The van der Waals surface area contributed by atoms with Gasteiger partial charge in [-0.2, -0.15) is 4.98 Å². The van der Waals surface area contributed by atoms with Gasteiger partial charge in [0.15, 0.2) is 12.1 Å². The van der Waals surface area contributed by atoms with Crippen LogP contribution in [0.4, 0.5) is 5.82 Å². The van der Waals surface area contributed by atoms with Crippen molar-refractivity contribution in [1.82, 2.24) is 9.55 Å². The van der Waals surface area contributed by atoms with Gasteiger partial charge in [0.25, 0.3) is 0 Å². The van der Waals surface area contributed by atoms with Crippen molar-refractivity contribution in [2.45, 2.75) is 36.3 Å². The van der Waals surface area contributed by atoms with Crippen LogP contribution < -0.4 is 11.4 Å². The van der Waals surface area contributed by atoms with Crippen LogP contribution in [0.15, 0.2) is 17.1 Å². The maximum atomic E-state index is 11.8. The van der Waals surface area contributed by atoms with E-state index in [9.17, 15) is 29.4 Å². The number of nitrogen functional groups attached to an aromatic ring is 1. The number of rotatable bonds is 2. The van der Waals surface area contributed by atoms with Crippen molar-refractivity contribution in [1.29, 1.82) is 0 Å². The van der Waals surface area contributed by atoms with Crippen LogP contribution in [0.5, 0.6) is 0 Å². The molecule has 1 aromatic heterocycles. The van der Waals surface area contributed by atoms with Gasteiger partial charge in [0.2, 0.25) is 0 Å². The first-order valence-corrected chi connectivity index (χ1v) is 8.38. The van der Waals surface area contributed by atoms with Crippen molar-refractivity contribution in [3.8, 4) is 0 Å². The Morgan fingerprint density at radius 3 is 2.70 bits per heavy atom. The monoisotopic (exact) mass is 349 g/mol. The van der Waals surface area contributed by atoms with E-state index in [0.29, 0.717) is 0 Å². The van der Waals surface area contributed by atoms with E-state index in [1.165, 1.54) is 12.3 Å². The van der Waals surface area contributed by atoms with Crippen molar-refractivity contribution in [3.05, 3.63) is 22.7 Å². The molecule has 2 saturated heterocycles. The molecule has 12 heteroatoms. The molecule has 0 bridgehead atoms. The minimum absolute atomic E-state index is 0.0141. The van der Waals surface area contributed by atoms with Crippen LogP contribution in [0.1, 0.15) is 12.6 Å². The summed E-state index contributed by atoms with van der Waals surface area (Å²) < 4.78 is 22.8. The first-order valence-electron chi connectivity index (χ1n) is 6.69. The third-order valence-electron chi connectivity index (χ3n) is 4.05. The van der Waals surface area contributed by atoms with E-state index < -0.39 is 43.2 Å². The van der Waals surface area contributed by atoms with Gasteiger partial charge in [-0.3, -0.25) is 9.13 Å². The number of aliphatic hydroxyl groups is 2. The molecule has 2 fully saturated rings. The van der Waals surface area contributed by atoms with Gasteiger partial charge >= 0.3 is 13.3 Å². The molecule has 1 spiro atoms. The van der Waals surface area contributed by atoms with Gasteiger partial charge in [0.05, 0.1) is 6.61 Å².